The molecule has 1 saturated heterocycles. The molecule has 0 spiro atoms. The van der Waals surface area contributed by atoms with E-state index in [0.717, 1.165) is 4.88 Å². The molecule has 0 aliphatic carbocycles. The largest absolute Gasteiger partial charge is 0.317 e. The number of nitrogens with zero attached hydrogens (tertiary/aromatic N) is 1. The Bertz CT molecular complexity index is 612. The Morgan fingerprint density at radius 2 is 2.19 bits per heavy atom. The summed E-state index contributed by atoms with van der Waals surface area (Å²) in [6, 6.07) is 3.55. The summed E-state index contributed by atoms with van der Waals surface area (Å²) in [6.45, 7) is 5.63. The SMILES string of the molecule is CCC1(C)NC(c2cccs2)N(C(C)CS(C)(=O)=O)C1=O. The molecular weight excluding hydrogens is 308 g/mol. The average molecular weight is 330 g/mol. The lowest BCUT2D eigenvalue weighted by molar-refractivity contribution is -0.134. The first-order chi connectivity index (χ1) is 9.68. The van der Waals surface area contributed by atoms with Crippen molar-refractivity contribution in [2.75, 3.05) is 12.0 Å². The lowest BCUT2D eigenvalue weighted by Crippen LogP contribution is -2.45. The second-order valence-electron chi connectivity index (χ2n) is 5.90. The summed E-state index contributed by atoms with van der Waals surface area (Å²) in [6.07, 6.45) is 1.62. The molecular formula is C14H22N2O3S2. The third-order valence-electron chi connectivity index (χ3n) is 3.98. The van der Waals surface area contributed by atoms with E-state index in [1.165, 1.54) is 6.26 Å². The Morgan fingerprint density at radius 1 is 1.52 bits per heavy atom. The van der Waals surface area contributed by atoms with E-state index in [0.29, 0.717) is 6.42 Å². The molecule has 21 heavy (non-hydrogen) atoms. The van der Waals surface area contributed by atoms with E-state index in [4.69, 9.17) is 0 Å². The van der Waals surface area contributed by atoms with Crippen LogP contribution in [0.3, 0.4) is 0 Å². The fraction of sp³-hybridized carbons (Fsp3) is 0.643. The number of rotatable bonds is 5. The quantitative estimate of drug-likeness (QED) is 0.894. The molecule has 1 fully saturated rings. The molecule has 7 heteroatoms. The van der Waals surface area contributed by atoms with Gasteiger partial charge in [-0.15, -0.1) is 11.3 Å². The highest BCUT2D eigenvalue weighted by molar-refractivity contribution is 7.90. The van der Waals surface area contributed by atoms with Gasteiger partial charge in [-0.1, -0.05) is 13.0 Å². The van der Waals surface area contributed by atoms with E-state index in [1.54, 1.807) is 23.2 Å². The van der Waals surface area contributed by atoms with Gasteiger partial charge in [-0.3, -0.25) is 10.1 Å². The molecule has 1 aliphatic heterocycles. The predicted octanol–water partition coefficient (Wildman–Crippen LogP) is 1.78. The summed E-state index contributed by atoms with van der Waals surface area (Å²) >= 11 is 1.57. The molecule has 0 radical (unpaired) electrons. The molecule has 3 unspecified atom stereocenters. The molecule has 5 nitrogen and oxygen atoms in total. The first-order valence-electron chi connectivity index (χ1n) is 6.99. The lowest BCUT2D eigenvalue weighted by atomic mass is 9.99. The molecule has 0 saturated carbocycles. The number of hydrogen-bond donors (Lipinski definition) is 1. The van der Waals surface area contributed by atoms with Gasteiger partial charge >= 0.3 is 0 Å². The van der Waals surface area contributed by atoms with Gasteiger partial charge < -0.3 is 4.90 Å². The van der Waals surface area contributed by atoms with E-state index in [-0.39, 0.29) is 23.9 Å². The van der Waals surface area contributed by atoms with Crippen molar-refractivity contribution < 1.29 is 13.2 Å². The van der Waals surface area contributed by atoms with Crippen LogP contribution in [0.5, 0.6) is 0 Å². The first-order valence-corrected chi connectivity index (χ1v) is 9.93. The lowest BCUT2D eigenvalue weighted by Gasteiger charge is -2.29. The summed E-state index contributed by atoms with van der Waals surface area (Å²) in [5, 5.41) is 5.34. The fourth-order valence-electron chi connectivity index (χ4n) is 2.72. The number of amides is 1. The normalized spacial score (nSPS) is 28.1. The van der Waals surface area contributed by atoms with Crippen LogP contribution in [-0.4, -0.2) is 42.8 Å². The Hall–Kier alpha value is -0.920. The minimum Gasteiger partial charge on any atom is -0.317 e. The fourth-order valence-corrected chi connectivity index (χ4v) is 4.53. The van der Waals surface area contributed by atoms with Crippen molar-refractivity contribution in [3.8, 4) is 0 Å². The van der Waals surface area contributed by atoms with Crippen molar-refractivity contribution in [2.45, 2.75) is 44.9 Å². The Balaban J connectivity index is 2.36. The number of carbonyl (C=O) groups excluding carboxylic acids is 1. The third kappa shape index (κ3) is 3.30. The Morgan fingerprint density at radius 3 is 2.67 bits per heavy atom. The van der Waals surface area contributed by atoms with Crippen LogP contribution in [0.2, 0.25) is 0 Å². The van der Waals surface area contributed by atoms with Crippen molar-refractivity contribution in [3.05, 3.63) is 22.4 Å². The molecule has 1 amide bonds. The van der Waals surface area contributed by atoms with Gasteiger partial charge in [0, 0.05) is 17.2 Å². The van der Waals surface area contributed by atoms with E-state index in [1.807, 2.05) is 31.4 Å². The molecule has 118 valence electrons. The van der Waals surface area contributed by atoms with Gasteiger partial charge in [0.1, 0.15) is 16.0 Å². The van der Waals surface area contributed by atoms with Crippen LogP contribution >= 0.6 is 11.3 Å². The standard InChI is InChI=1S/C14H22N2O3S2/c1-5-14(3)13(17)16(10(2)9-21(4,18)19)12(15-14)11-7-6-8-20-11/h6-8,10,12,15H,5,9H2,1-4H3. The summed E-state index contributed by atoms with van der Waals surface area (Å²) < 4.78 is 23.1. The highest BCUT2D eigenvalue weighted by Gasteiger charge is 2.49. The molecule has 1 N–H and O–H groups in total. The minimum absolute atomic E-state index is 0.0257. The van der Waals surface area contributed by atoms with E-state index < -0.39 is 15.4 Å². The molecule has 2 rings (SSSR count). The maximum Gasteiger partial charge on any atom is 0.244 e. The summed E-state index contributed by atoms with van der Waals surface area (Å²) in [7, 11) is -3.14. The number of sulfone groups is 1. The van der Waals surface area contributed by atoms with Gasteiger partial charge in [-0.2, -0.15) is 0 Å². The molecule has 2 heterocycles. The number of carbonyl (C=O) groups is 1. The monoisotopic (exact) mass is 330 g/mol. The van der Waals surface area contributed by atoms with Crippen molar-refractivity contribution in [1.82, 2.24) is 10.2 Å². The smallest absolute Gasteiger partial charge is 0.244 e. The van der Waals surface area contributed by atoms with Crippen molar-refractivity contribution in [1.29, 1.82) is 0 Å². The van der Waals surface area contributed by atoms with Crippen LogP contribution in [0.4, 0.5) is 0 Å². The maximum absolute atomic E-state index is 12.8. The van der Waals surface area contributed by atoms with Crippen LogP contribution in [0.15, 0.2) is 17.5 Å². The van der Waals surface area contributed by atoms with Crippen molar-refractivity contribution in [3.63, 3.8) is 0 Å². The molecule has 1 aromatic rings. The predicted molar refractivity (Wildman–Crippen MR) is 84.9 cm³/mol. The van der Waals surface area contributed by atoms with Crippen LogP contribution in [0, 0.1) is 0 Å². The van der Waals surface area contributed by atoms with Gasteiger partial charge in [0.2, 0.25) is 5.91 Å². The van der Waals surface area contributed by atoms with Crippen molar-refractivity contribution >= 4 is 27.1 Å². The summed E-state index contributed by atoms with van der Waals surface area (Å²) in [5.41, 5.74) is -0.638. The Labute approximate surface area is 130 Å². The van der Waals surface area contributed by atoms with Crippen molar-refractivity contribution in [2.24, 2.45) is 0 Å². The minimum atomic E-state index is -3.14. The van der Waals surface area contributed by atoms with Crippen LogP contribution < -0.4 is 5.32 Å². The second kappa shape index (κ2) is 5.70. The number of thiophene rings is 1. The van der Waals surface area contributed by atoms with Gasteiger partial charge in [-0.05, 0) is 31.7 Å². The van der Waals surface area contributed by atoms with Gasteiger partial charge in [0.05, 0.1) is 11.3 Å². The average Bonchev–Trinajstić information content (AvgIpc) is 2.95. The highest BCUT2D eigenvalue weighted by Crippen LogP contribution is 2.36. The number of nitrogens with one attached hydrogen (secondary N) is 1. The number of hydrogen-bond acceptors (Lipinski definition) is 5. The van der Waals surface area contributed by atoms with Gasteiger partial charge in [-0.25, -0.2) is 8.42 Å². The zero-order valence-electron chi connectivity index (χ0n) is 12.8. The Kier molecular flexibility index (Phi) is 4.46. The molecule has 0 aromatic carbocycles. The van der Waals surface area contributed by atoms with Crippen LogP contribution in [0.1, 0.15) is 38.2 Å². The van der Waals surface area contributed by atoms with E-state index in [2.05, 4.69) is 5.32 Å². The van der Waals surface area contributed by atoms with Crippen LogP contribution in [-0.2, 0) is 14.6 Å². The maximum atomic E-state index is 12.8. The second-order valence-corrected chi connectivity index (χ2v) is 9.07. The van der Waals surface area contributed by atoms with E-state index >= 15 is 0 Å². The van der Waals surface area contributed by atoms with E-state index in [9.17, 15) is 13.2 Å². The molecule has 0 bridgehead atoms. The van der Waals surface area contributed by atoms with Gasteiger partial charge in [0.25, 0.3) is 0 Å². The third-order valence-corrected chi connectivity index (χ3v) is 5.99. The topological polar surface area (TPSA) is 66.5 Å². The molecule has 1 aromatic heterocycles. The molecule has 1 aliphatic rings. The summed E-state index contributed by atoms with van der Waals surface area (Å²) in [4.78, 5) is 15.5. The van der Waals surface area contributed by atoms with Crippen LogP contribution in [0.25, 0.3) is 0 Å². The zero-order valence-corrected chi connectivity index (χ0v) is 14.4. The zero-order chi connectivity index (χ0) is 15.8. The highest BCUT2D eigenvalue weighted by atomic mass is 32.2. The molecule has 3 atom stereocenters. The first kappa shape index (κ1) is 16.5. The summed E-state index contributed by atoms with van der Waals surface area (Å²) in [5.74, 6) is -0.0539. The van der Waals surface area contributed by atoms with Gasteiger partial charge in [0.15, 0.2) is 0 Å².